The quantitative estimate of drug-likeness (QED) is 0.116. The van der Waals surface area contributed by atoms with Gasteiger partial charge in [0, 0.05) is 69.0 Å². The van der Waals surface area contributed by atoms with Gasteiger partial charge in [-0.3, -0.25) is 14.4 Å². The fraction of sp³-hybridized carbons (Fsp3) is 0.405. The van der Waals surface area contributed by atoms with Crippen molar-refractivity contribution in [2.75, 3.05) is 18.5 Å². The molecule has 2 aliphatic rings. The van der Waals surface area contributed by atoms with Gasteiger partial charge in [0.15, 0.2) is 0 Å². The smallest absolute Gasteiger partial charge is 0.360 e. The van der Waals surface area contributed by atoms with Gasteiger partial charge in [0.05, 0.1) is 11.1 Å². The number of nitrogens with zero attached hydrogens (tertiary/aromatic N) is 7. The van der Waals surface area contributed by atoms with Gasteiger partial charge < -0.3 is 19.7 Å². The number of piperidine rings is 1. The van der Waals surface area contributed by atoms with Crippen molar-refractivity contribution in [2.24, 2.45) is 0 Å². The van der Waals surface area contributed by atoms with Gasteiger partial charge in [-0.05, 0) is 73.2 Å². The standard InChI is InChI=1S/C37H44N8O5Si/c1-6-37(29-19-25(2)32-28(20-29)22-43(41-32)24-48-17-18-51(3,4)5)21-30(44-23-27-9-7-8-10-31(27)39-34(44)46)13-16-45(37)36(47)49-35-40-33(42-50-35)26-11-14-38-15-12-26/h7-12,14-15,19-20,22,30H,6,13,16-18,21,23-24H2,1-5H3,(H,39,46)/t30?,37-/m1/s1. The van der Waals surface area contributed by atoms with E-state index in [0.717, 1.165) is 39.3 Å². The fourth-order valence-electron chi connectivity index (χ4n) is 7.19. The van der Waals surface area contributed by atoms with Gasteiger partial charge in [-0.25, -0.2) is 14.3 Å². The van der Waals surface area contributed by atoms with Crippen LogP contribution in [0.3, 0.4) is 0 Å². The Morgan fingerprint density at radius 3 is 2.73 bits per heavy atom. The average Bonchev–Trinajstić information content (AvgIpc) is 3.77. The zero-order valence-corrected chi connectivity index (χ0v) is 30.8. The monoisotopic (exact) mass is 708 g/mol. The van der Waals surface area contributed by atoms with Crippen molar-refractivity contribution in [1.29, 1.82) is 0 Å². The van der Waals surface area contributed by atoms with E-state index < -0.39 is 19.7 Å². The van der Waals surface area contributed by atoms with Crippen LogP contribution in [0.4, 0.5) is 15.3 Å². The lowest BCUT2D eigenvalue weighted by Gasteiger charge is -2.51. The number of benzene rings is 2. The summed E-state index contributed by atoms with van der Waals surface area (Å²) in [4.78, 5) is 39.7. The van der Waals surface area contributed by atoms with Crippen LogP contribution in [0.5, 0.6) is 6.08 Å². The molecule has 0 radical (unpaired) electrons. The van der Waals surface area contributed by atoms with Gasteiger partial charge in [-0.2, -0.15) is 10.1 Å². The molecule has 1 saturated heterocycles. The van der Waals surface area contributed by atoms with Crippen LogP contribution in [0.15, 0.2) is 71.6 Å². The number of urea groups is 1. The summed E-state index contributed by atoms with van der Waals surface area (Å²) in [5.74, 6) is 0.291. The maximum Gasteiger partial charge on any atom is 0.426 e. The first kappa shape index (κ1) is 34.4. The lowest BCUT2D eigenvalue weighted by molar-refractivity contribution is 0.00744. The molecule has 3 amide bonds. The highest BCUT2D eigenvalue weighted by atomic mass is 28.3. The van der Waals surface area contributed by atoms with E-state index in [2.05, 4.69) is 59.1 Å². The highest BCUT2D eigenvalue weighted by Gasteiger charge is 2.49. The molecule has 51 heavy (non-hydrogen) atoms. The number of para-hydroxylation sites is 1. The molecule has 2 atom stereocenters. The van der Waals surface area contributed by atoms with Crippen LogP contribution in [0.1, 0.15) is 42.9 Å². The van der Waals surface area contributed by atoms with Gasteiger partial charge in [-0.1, -0.05) is 56.0 Å². The summed E-state index contributed by atoms with van der Waals surface area (Å²) < 4.78 is 19.0. The lowest BCUT2D eigenvalue weighted by atomic mass is 9.75. The summed E-state index contributed by atoms with van der Waals surface area (Å²) in [7, 11) is -1.21. The molecule has 14 heteroatoms. The second kappa shape index (κ2) is 13.9. The van der Waals surface area contributed by atoms with E-state index in [-0.39, 0.29) is 18.1 Å². The molecular weight excluding hydrogens is 665 g/mol. The third-order valence-corrected chi connectivity index (χ3v) is 11.7. The predicted octanol–water partition coefficient (Wildman–Crippen LogP) is 7.42. The Kier molecular flexibility index (Phi) is 9.37. The number of aromatic nitrogens is 5. The van der Waals surface area contributed by atoms with Crippen LogP contribution < -0.4 is 10.1 Å². The van der Waals surface area contributed by atoms with E-state index in [9.17, 15) is 9.59 Å². The number of hydrogen-bond donors (Lipinski definition) is 1. The molecule has 0 aliphatic carbocycles. The molecule has 0 bridgehead atoms. The number of ether oxygens (including phenoxy) is 2. The number of hydrogen-bond acceptors (Lipinski definition) is 9. The van der Waals surface area contributed by atoms with Crippen molar-refractivity contribution in [1.82, 2.24) is 34.7 Å². The lowest BCUT2D eigenvalue weighted by Crippen LogP contribution is -2.60. The summed E-state index contributed by atoms with van der Waals surface area (Å²) in [6.45, 7) is 13.0. The van der Waals surface area contributed by atoms with Crippen molar-refractivity contribution < 1.29 is 23.6 Å². The van der Waals surface area contributed by atoms with Gasteiger partial charge >= 0.3 is 18.2 Å². The Bertz CT molecular complexity index is 2040. The van der Waals surface area contributed by atoms with Crippen molar-refractivity contribution in [3.8, 4) is 17.5 Å². The number of aryl methyl sites for hydroxylation is 1. The molecule has 7 rings (SSSR count). The Balaban J connectivity index is 1.21. The molecule has 5 heterocycles. The molecule has 1 unspecified atom stereocenters. The van der Waals surface area contributed by atoms with E-state index in [1.807, 2.05) is 47.0 Å². The molecule has 0 saturated carbocycles. The Labute approximate surface area is 297 Å². The normalized spacial score (nSPS) is 19.2. The van der Waals surface area contributed by atoms with Crippen LogP contribution in [0.2, 0.25) is 25.7 Å². The zero-order valence-electron chi connectivity index (χ0n) is 29.8. The van der Waals surface area contributed by atoms with E-state index in [1.165, 1.54) is 0 Å². The van der Waals surface area contributed by atoms with Crippen molar-refractivity contribution in [2.45, 2.75) is 83.7 Å². The first-order valence-electron chi connectivity index (χ1n) is 17.5. The van der Waals surface area contributed by atoms with Gasteiger partial charge in [0.1, 0.15) is 6.73 Å². The summed E-state index contributed by atoms with van der Waals surface area (Å²) in [6.07, 6.45) is 6.04. The first-order chi connectivity index (χ1) is 24.5. The highest BCUT2D eigenvalue weighted by Crippen LogP contribution is 2.45. The number of amides is 3. The SMILES string of the molecule is CC[C@]1(c2cc(C)c3nn(COCC[Si](C)(C)C)cc3c2)CC(N2Cc3ccccc3NC2=O)CCN1C(=O)Oc1nc(-c2ccncc2)no1. The summed E-state index contributed by atoms with van der Waals surface area (Å²) in [6, 6.07) is 16.4. The summed E-state index contributed by atoms with van der Waals surface area (Å²) in [5.41, 5.74) is 4.54. The largest absolute Gasteiger partial charge is 0.426 e. The second-order valence-electron chi connectivity index (χ2n) is 14.6. The number of pyridine rings is 1. The number of anilines is 1. The molecule has 2 aliphatic heterocycles. The van der Waals surface area contributed by atoms with Crippen LogP contribution in [0, 0.1) is 6.92 Å². The van der Waals surface area contributed by atoms with Crippen LogP contribution >= 0.6 is 0 Å². The molecule has 266 valence electrons. The third kappa shape index (κ3) is 7.10. The van der Waals surface area contributed by atoms with Crippen LogP contribution in [0.25, 0.3) is 22.3 Å². The Morgan fingerprint density at radius 2 is 1.94 bits per heavy atom. The first-order valence-corrected chi connectivity index (χ1v) is 21.2. The summed E-state index contributed by atoms with van der Waals surface area (Å²) in [5, 5.41) is 12.9. The minimum Gasteiger partial charge on any atom is -0.360 e. The summed E-state index contributed by atoms with van der Waals surface area (Å²) >= 11 is 0. The van der Waals surface area contributed by atoms with E-state index in [4.69, 9.17) is 19.1 Å². The molecule has 2 aromatic carbocycles. The molecule has 1 N–H and O–H groups in total. The number of carbonyl (C=O) groups is 2. The van der Waals surface area contributed by atoms with Gasteiger partial charge in [-0.15, -0.1) is 0 Å². The minimum absolute atomic E-state index is 0.142. The number of carbonyl (C=O) groups excluding carboxylic acids is 2. The number of likely N-dealkylation sites (tertiary alicyclic amines) is 1. The Morgan fingerprint density at radius 1 is 1.14 bits per heavy atom. The van der Waals surface area contributed by atoms with Crippen molar-refractivity contribution in [3.05, 3.63) is 83.8 Å². The fourth-order valence-corrected chi connectivity index (χ4v) is 7.94. The van der Waals surface area contributed by atoms with E-state index >= 15 is 0 Å². The molecule has 1 fully saturated rings. The van der Waals surface area contributed by atoms with Crippen LogP contribution in [-0.2, 0) is 23.6 Å². The third-order valence-electron chi connectivity index (χ3n) is 10.0. The highest BCUT2D eigenvalue weighted by molar-refractivity contribution is 6.76. The van der Waals surface area contributed by atoms with Crippen molar-refractivity contribution in [3.63, 3.8) is 0 Å². The average molecular weight is 709 g/mol. The zero-order chi connectivity index (χ0) is 35.8. The predicted molar refractivity (Wildman–Crippen MR) is 195 cm³/mol. The molecular formula is C37H44N8O5Si. The van der Waals surface area contributed by atoms with Crippen LogP contribution in [-0.4, -0.2) is 74.1 Å². The molecule has 3 aromatic heterocycles. The molecule has 13 nitrogen and oxygen atoms in total. The number of nitrogens with one attached hydrogen (secondary N) is 1. The van der Waals surface area contributed by atoms with Gasteiger partial charge in [0.2, 0.25) is 5.82 Å². The van der Waals surface area contributed by atoms with E-state index in [1.54, 1.807) is 29.4 Å². The Hall–Kier alpha value is -5.08. The molecule has 5 aromatic rings. The second-order valence-corrected chi connectivity index (χ2v) is 20.3. The number of fused-ring (bicyclic) bond motifs is 2. The molecule has 0 spiro atoms. The van der Waals surface area contributed by atoms with Crippen molar-refractivity contribution >= 4 is 36.8 Å². The maximum atomic E-state index is 14.2. The van der Waals surface area contributed by atoms with Gasteiger partial charge in [0.25, 0.3) is 0 Å². The van der Waals surface area contributed by atoms with E-state index in [0.29, 0.717) is 57.1 Å². The maximum absolute atomic E-state index is 14.2. The number of rotatable bonds is 10. The topological polar surface area (TPSA) is 141 Å². The minimum atomic E-state index is -1.21.